The molecule has 0 bridgehead atoms. The fourth-order valence-electron chi connectivity index (χ4n) is 3.37. The fourth-order valence-corrected chi connectivity index (χ4v) is 3.37. The van der Waals surface area contributed by atoms with E-state index in [0.717, 1.165) is 37.6 Å². The van der Waals surface area contributed by atoms with Gasteiger partial charge in [0.1, 0.15) is 11.6 Å². The third-order valence-electron chi connectivity index (χ3n) is 4.99. The van der Waals surface area contributed by atoms with Crippen molar-refractivity contribution in [2.24, 2.45) is 5.73 Å². The number of nitrogens with two attached hydrogens (primary N) is 1. The lowest BCUT2D eigenvalue weighted by Crippen LogP contribution is -2.35. The first-order valence-corrected chi connectivity index (χ1v) is 8.39. The molecule has 4 rings (SSSR count). The molecular formula is C16H25N5. The van der Waals surface area contributed by atoms with Crippen LogP contribution in [-0.2, 0) is 0 Å². The topological polar surface area (TPSA) is 75.9 Å². The molecular weight excluding hydrogens is 262 g/mol. The van der Waals surface area contributed by atoms with Gasteiger partial charge in [-0.25, -0.2) is 9.97 Å². The van der Waals surface area contributed by atoms with Gasteiger partial charge in [-0.2, -0.15) is 0 Å². The van der Waals surface area contributed by atoms with Gasteiger partial charge in [0.2, 0.25) is 0 Å². The van der Waals surface area contributed by atoms with Crippen LogP contribution in [0.3, 0.4) is 0 Å². The summed E-state index contributed by atoms with van der Waals surface area (Å²) in [4.78, 5) is 9.54. The van der Waals surface area contributed by atoms with Gasteiger partial charge < -0.3 is 16.4 Å². The second-order valence-corrected chi connectivity index (χ2v) is 6.91. The van der Waals surface area contributed by atoms with Crippen LogP contribution in [0.15, 0.2) is 6.07 Å². The van der Waals surface area contributed by atoms with Crippen molar-refractivity contribution < 1.29 is 0 Å². The smallest absolute Gasteiger partial charge is 0.134 e. The Kier molecular flexibility index (Phi) is 3.55. The summed E-state index contributed by atoms with van der Waals surface area (Å²) in [5.41, 5.74) is 7.13. The molecule has 2 saturated carbocycles. The van der Waals surface area contributed by atoms with Crippen molar-refractivity contribution in [1.82, 2.24) is 15.3 Å². The Balaban J connectivity index is 1.48. The monoisotopic (exact) mass is 287 g/mol. The second-order valence-electron chi connectivity index (χ2n) is 6.91. The number of nitrogens with one attached hydrogen (secondary N) is 2. The summed E-state index contributed by atoms with van der Waals surface area (Å²) in [5.74, 6) is 3.21. The van der Waals surface area contributed by atoms with Crippen LogP contribution in [0.1, 0.15) is 61.9 Å². The van der Waals surface area contributed by atoms with E-state index in [2.05, 4.69) is 16.7 Å². The summed E-state index contributed by atoms with van der Waals surface area (Å²) in [6, 6.07) is 3.11. The summed E-state index contributed by atoms with van der Waals surface area (Å²) in [7, 11) is 0. The van der Waals surface area contributed by atoms with E-state index in [9.17, 15) is 0 Å². The normalized spacial score (nSPS) is 32.0. The van der Waals surface area contributed by atoms with Crippen molar-refractivity contribution in [2.75, 3.05) is 18.4 Å². The maximum absolute atomic E-state index is 5.93. The van der Waals surface area contributed by atoms with Gasteiger partial charge in [-0.05, 0) is 45.1 Å². The molecule has 21 heavy (non-hydrogen) atoms. The van der Waals surface area contributed by atoms with E-state index in [1.165, 1.54) is 31.4 Å². The van der Waals surface area contributed by atoms with Crippen LogP contribution in [0.25, 0.3) is 0 Å². The third kappa shape index (κ3) is 3.04. The van der Waals surface area contributed by atoms with E-state index in [1.54, 1.807) is 0 Å². The molecule has 0 unspecified atom stereocenters. The maximum atomic E-state index is 5.93. The molecule has 1 aromatic heterocycles. The van der Waals surface area contributed by atoms with E-state index in [4.69, 9.17) is 15.7 Å². The molecule has 4 N–H and O–H groups in total. The highest BCUT2D eigenvalue weighted by molar-refractivity contribution is 5.39. The summed E-state index contributed by atoms with van der Waals surface area (Å²) < 4.78 is 0. The molecule has 0 radical (unpaired) electrons. The van der Waals surface area contributed by atoms with E-state index < -0.39 is 0 Å². The van der Waals surface area contributed by atoms with Gasteiger partial charge in [-0.15, -0.1) is 0 Å². The van der Waals surface area contributed by atoms with Crippen LogP contribution >= 0.6 is 0 Å². The molecule has 2 heterocycles. The molecule has 5 nitrogen and oxygen atoms in total. The molecule has 1 aliphatic heterocycles. The summed E-state index contributed by atoms with van der Waals surface area (Å²) in [6.45, 7) is 2.11. The molecule has 0 amide bonds. The van der Waals surface area contributed by atoms with Crippen LogP contribution in [-0.4, -0.2) is 35.1 Å². The van der Waals surface area contributed by atoms with Crippen molar-refractivity contribution in [3.8, 4) is 0 Å². The number of aromatic nitrogens is 2. The third-order valence-corrected chi connectivity index (χ3v) is 4.99. The quantitative estimate of drug-likeness (QED) is 0.769. The molecule has 2 aliphatic carbocycles. The molecule has 0 spiro atoms. The summed E-state index contributed by atoms with van der Waals surface area (Å²) >= 11 is 0. The standard InChI is InChI=1S/C16H25N5/c17-12-6-11(7-12)14-8-15(19-9-13-2-1-5-18-13)21-16(20-14)10-3-4-10/h8,10-13,18H,1-7,9,17H2,(H,19,20,21)/t11?,12?,13-/m0/s1. The lowest BCUT2D eigenvalue weighted by molar-refractivity contribution is 0.344. The zero-order valence-electron chi connectivity index (χ0n) is 12.5. The molecule has 3 fully saturated rings. The Hall–Kier alpha value is -1.20. The van der Waals surface area contributed by atoms with Gasteiger partial charge in [-0.1, -0.05) is 0 Å². The number of nitrogens with zero attached hydrogens (tertiary/aromatic N) is 2. The number of hydrogen-bond acceptors (Lipinski definition) is 5. The zero-order chi connectivity index (χ0) is 14.2. The number of rotatable bonds is 5. The first-order chi connectivity index (χ1) is 10.3. The van der Waals surface area contributed by atoms with Gasteiger partial charge in [-0.3, -0.25) is 0 Å². The summed E-state index contributed by atoms with van der Waals surface area (Å²) in [5, 5.41) is 7.04. The van der Waals surface area contributed by atoms with E-state index in [1.807, 2.05) is 0 Å². The van der Waals surface area contributed by atoms with E-state index >= 15 is 0 Å². The minimum atomic E-state index is 0.369. The van der Waals surface area contributed by atoms with Crippen LogP contribution in [0, 0.1) is 0 Å². The minimum Gasteiger partial charge on any atom is -0.368 e. The van der Waals surface area contributed by atoms with Gasteiger partial charge in [0.15, 0.2) is 0 Å². The lowest BCUT2D eigenvalue weighted by atomic mass is 9.78. The van der Waals surface area contributed by atoms with Gasteiger partial charge in [0.05, 0.1) is 0 Å². The van der Waals surface area contributed by atoms with Crippen LogP contribution < -0.4 is 16.4 Å². The Morgan fingerprint density at radius 2 is 2.05 bits per heavy atom. The molecule has 5 heteroatoms. The highest BCUT2D eigenvalue weighted by atomic mass is 15.1. The van der Waals surface area contributed by atoms with Crippen molar-refractivity contribution in [2.45, 2.75) is 62.4 Å². The van der Waals surface area contributed by atoms with Gasteiger partial charge in [0, 0.05) is 42.2 Å². The Morgan fingerprint density at radius 3 is 2.71 bits per heavy atom. The largest absolute Gasteiger partial charge is 0.368 e. The van der Waals surface area contributed by atoms with Crippen molar-refractivity contribution in [1.29, 1.82) is 0 Å². The highest BCUT2D eigenvalue weighted by Gasteiger charge is 2.32. The lowest BCUT2D eigenvalue weighted by Gasteiger charge is -2.32. The van der Waals surface area contributed by atoms with Gasteiger partial charge in [0.25, 0.3) is 0 Å². The van der Waals surface area contributed by atoms with Crippen molar-refractivity contribution in [3.05, 3.63) is 17.6 Å². The van der Waals surface area contributed by atoms with Crippen LogP contribution in [0.4, 0.5) is 5.82 Å². The van der Waals surface area contributed by atoms with E-state index in [0.29, 0.717) is 23.9 Å². The molecule has 1 saturated heterocycles. The van der Waals surface area contributed by atoms with Gasteiger partial charge >= 0.3 is 0 Å². The maximum Gasteiger partial charge on any atom is 0.134 e. The highest BCUT2D eigenvalue weighted by Crippen LogP contribution is 2.41. The van der Waals surface area contributed by atoms with Crippen LogP contribution in [0.5, 0.6) is 0 Å². The zero-order valence-corrected chi connectivity index (χ0v) is 12.5. The predicted octanol–water partition coefficient (Wildman–Crippen LogP) is 1.72. The Morgan fingerprint density at radius 1 is 1.19 bits per heavy atom. The first-order valence-electron chi connectivity index (χ1n) is 8.39. The fraction of sp³-hybridized carbons (Fsp3) is 0.750. The van der Waals surface area contributed by atoms with Crippen molar-refractivity contribution in [3.63, 3.8) is 0 Å². The molecule has 1 atom stereocenters. The molecule has 0 aromatic carbocycles. The van der Waals surface area contributed by atoms with E-state index in [-0.39, 0.29) is 0 Å². The first kappa shape index (κ1) is 13.5. The number of hydrogen-bond donors (Lipinski definition) is 3. The second kappa shape index (κ2) is 5.54. The average molecular weight is 287 g/mol. The summed E-state index contributed by atoms with van der Waals surface area (Å²) in [6.07, 6.45) is 7.19. The molecule has 1 aromatic rings. The predicted molar refractivity (Wildman–Crippen MR) is 83.5 cm³/mol. The Labute approximate surface area is 126 Å². The van der Waals surface area contributed by atoms with Crippen molar-refractivity contribution >= 4 is 5.82 Å². The average Bonchev–Trinajstić information content (AvgIpc) is 3.18. The molecule has 114 valence electrons. The number of anilines is 1. The Bertz CT molecular complexity index is 501. The SMILES string of the molecule is NC1CC(c2cc(NC[C@@H]3CCCN3)nc(C3CC3)n2)C1. The molecule has 3 aliphatic rings. The van der Waals surface area contributed by atoms with Crippen LogP contribution in [0.2, 0.25) is 0 Å². The minimum absolute atomic E-state index is 0.369.